The summed E-state index contributed by atoms with van der Waals surface area (Å²) in [6.45, 7) is 7.05. The van der Waals surface area contributed by atoms with Crippen molar-refractivity contribution in [1.82, 2.24) is 0 Å². The van der Waals surface area contributed by atoms with E-state index in [9.17, 15) is 4.39 Å². The summed E-state index contributed by atoms with van der Waals surface area (Å²) in [6, 6.07) is 0. The van der Waals surface area contributed by atoms with Gasteiger partial charge in [0.25, 0.3) is 0 Å². The van der Waals surface area contributed by atoms with E-state index in [1.54, 1.807) is 0 Å². The molecular formula is C7H13F. The van der Waals surface area contributed by atoms with Gasteiger partial charge in [0, 0.05) is 0 Å². The van der Waals surface area contributed by atoms with Crippen molar-refractivity contribution >= 4 is 0 Å². The maximum Gasteiger partial charge on any atom is 0.128 e. The smallest absolute Gasteiger partial charge is 0.128 e. The number of allylic oxidation sites excluding steroid dienone is 1. The molecule has 8 heavy (non-hydrogen) atoms. The molecule has 0 rings (SSSR count). The molecule has 0 amide bonds. The van der Waals surface area contributed by atoms with Gasteiger partial charge < -0.3 is 0 Å². The van der Waals surface area contributed by atoms with Crippen LogP contribution in [0.1, 0.15) is 26.7 Å². The molecule has 0 aliphatic rings. The van der Waals surface area contributed by atoms with Gasteiger partial charge in [-0.1, -0.05) is 26.5 Å². The summed E-state index contributed by atoms with van der Waals surface area (Å²) in [7, 11) is 0. The topological polar surface area (TPSA) is 0 Å². The molecule has 0 heterocycles. The Morgan fingerprint density at radius 3 is 1.88 bits per heavy atom. The third-order valence-electron chi connectivity index (χ3n) is 1.54. The Hall–Kier alpha value is -0.330. The summed E-state index contributed by atoms with van der Waals surface area (Å²) in [6.07, 6.45) is 2.45. The van der Waals surface area contributed by atoms with E-state index in [-0.39, 0.29) is 0 Å². The van der Waals surface area contributed by atoms with Crippen LogP contribution < -0.4 is 0 Å². The van der Waals surface area contributed by atoms with Crippen molar-refractivity contribution in [1.29, 1.82) is 0 Å². The van der Waals surface area contributed by atoms with Crippen LogP contribution in [0.2, 0.25) is 0 Å². The first-order chi connectivity index (χ1) is 3.68. The van der Waals surface area contributed by atoms with Gasteiger partial charge in [0.2, 0.25) is 0 Å². The Bertz CT molecular complexity index is 72.5. The minimum absolute atomic E-state index is 0.535. The van der Waals surface area contributed by atoms with E-state index >= 15 is 0 Å². The fourth-order valence-electron chi connectivity index (χ4n) is 0.539. The van der Waals surface area contributed by atoms with Crippen molar-refractivity contribution in [3.8, 4) is 0 Å². The van der Waals surface area contributed by atoms with Gasteiger partial charge in [0.05, 0.1) is 0 Å². The summed E-state index contributed by atoms with van der Waals surface area (Å²) >= 11 is 0. The highest BCUT2D eigenvalue weighted by Gasteiger charge is 2.18. The highest BCUT2D eigenvalue weighted by molar-refractivity contribution is 4.93. The average Bonchev–Trinajstić information content (AvgIpc) is 1.87. The lowest BCUT2D eigenvalue weighted by Gasteiger charge is -2.15. The lowest BCUT2D eigenvalue weighted by Crippen LogP contribution is -2.15. The number of hydrogen-bond acceptors (Lipinski definition) is 0. The molecule has 0 N–H and O–H groups in total. The van der Waals surface area contributed by atoms with Gasteiger partial charge in [-0.3, -0.25) is 0 Å². The Kier molecular flexibility index (Phi) is 2.74. The van der Waals surface area contributed by atoms with E-state index in [0.717, 1.165) is 0 Å². The minimum Gasteiger partial charge on any atom is -0.239 e. The molecule has 48 valence electrons. The molecule has 0 saturated carbocycles. The number of rotatable bonds is 3. The van der Waals surface area contributed by atoms with Crippen molar-refractivity contribution in [3.63, 3.8) is 0 Å². The van der Waals surface area contributed by atoms with Gasteiger partial charge in [-0.2, -0.15) is 0 Å². The Labute approximate surface area is 50.4 Å². The molecule has 0 aromatic carbocycles. The Morgan fingerprint density at radius 2 is 1.88 bits per heavy atom. The molecule has 0 aromatic rings. The zero-order valence-electron chi connectivity index (χ0n) is 5.58. The second-order valence-electron chi connectivity index (χ2n) is 1.95. The first-order valence-electron chi connectivity index (χ1n) is 3.01. The molecule has 0 aliphatic carbocycles. The van der Waals surface area contributed by atoms with Crippen LogP contribution in [0, 0.1) is 0 Å². The fourth-order valence-corrected chi connectivity index (χ4v) is 0.539. The van der Waals surface area contributed by atoms with Crippen molar-refractivity contribution in [2.75, 3.05) is 0 Å². The second-order valence-corrected chi connectivity index (χ2v) is 1.95. The monoisotopic (exact) mass is 116 g/mol. The Morgan fingerprint density at radius 1 is 1.50 bits per heavy atom. The number of hydrogen-bond donors (Lipinski definition) is 0. The molecule has 0 saturated heterocycles. The van der Waals surface area contributed by atoms with Crippen LogP contribution in [-0.2, 0) is 0 Å². The van der Waals surface area contributed by atoms with Gasteiger partial charge in [-0.05, 0) is 12.8 Å². The van der Waals surface area contributed by atoms with E-state index in [0.29, 0.717) is 12.8 Å². The maximum absolute atomic E-state index is 12.9. The largest absolute Gasteiger partial charge is 0.239 e. The van der Waals surface area contributed by atoms with Crippen LogP contribution in [0.25, 0.3) is 0 Å². The first-order valence-corrected chi connectivity index (χ1v) is 3.01. The van der Waals surface area contributed by atoms with Crippen LogP contribution >= 0.6 is 0 Å². The van der Waals surface area contributed by atoms with E-state index in [4.69, 9.17) is 0 Å². The summed E-state index contributed by atoms with van der Waals surface area (Å²) < 4.78 is 12.9. The summed E-state index contributed by atoms with van der Waals surface area (Å²) in [4.78, 5) is 0. The van der Waals surface area contributed by atoms with Gasteiger partial charge in [0.1, 0.15) is 5.67 Å². The highest BCUT2D eigenvalue weighted by atomic mass is 19.1. The molecule has 0 fully saturated rings. The van der Waals surface area contributed by atoms with E-state index in [2.05, 4.69) is 6.58 Å². The zero-order valence-corrected chi connectivity index (χ0v) is 5.58. The maximum atomic E-state index is 12.9. The SMILES string of the molecule is C=CC(F)(CC)CC. The molecule has 0 aliphatic heterocycles. The number of alkyl halides is 1. The predicted octanol–water partition coefficient (Wildman–Crippen LogP) is 2.70. The van der Waals surface area contributed by atoms with Gasteiger partial charge in [-0.15, -0.1) is 0 Å². The average molecular weight is 116 g/mol. The third-order valence-corrected chi connectivity index (χ3v) is 1.54. The fraction of sp³-hybridized carbons (Fsp3) is 0.714. The van der Waals surface area contributed by atoms with Crippen LogP contribution in [-0.4, -0.2) is 5.67 Å². The van der Waals surface area contributed by atoms with Gasteiger partial charge >= 0.3 is 0 Å². The molecule has 1 heteroatoms. The van der Waals surface area contributed by atoms with Crippen LogP contribution in [0.15, 0.2) is 12.7 Å². The molecule has 0 aromatic heterocycles. The first kappa shape index (κ1) is 7.67. The van der Waals surface area contributed by atoms with Gasteiger partial charge in [-0.25, -0.2) is 4.39 Å². The van der Waals surface area contributed by atoms with E-state index in [1.165, 1.54) is 6.08 Å². The second kappa shape index (κ2) is 2.85. The zero-order chi connectivity index (χ0) is 6.62. The van der Waals surface area contributed by atoms with Crippen LogP contribution in [0.3, 0.4) is 0 Å². The quantitative estimate of drug-likeness (QED) is 0.497. The number of halogens is 1. The summed E-state index contributed by atoms with van der Waals surface area (Å²) in [5, 5.41) is 0. The molecule has 0 unspecified atom stereocenters. The standard InChI is InChI=1S/C7H13F/c1-4-7(8,5-2)6-3/h4H,1,5-6H2,2-3H3. The summed E-state index contributed by atoms with van der Waals surface area (Å²) in [5.41, 5.74) is -1.11. The van der Waals surface area contributed by atoms with Crippen molar-refractivity contribution in [2.24, 2.45) is 0 Å². The molecule has 0 radical (unpaired) electrons. The molecule has 0 spiro atoms. The third kappa shape index (κ3) is 1.65. The van der Waals surface area contributed by atoms with E-state index < -0.39 is 5.67 Å². The summed E-state index contributed by atoms with van der Waals surface area (Å²) in [5.74, 6) is 0. The lowest BCUT2D eigenvalue weighted by molar-refractivity contribution is 0.215. The molecular weight excluding hydrogens is 103 g/mol. The van der Waals surface area contributed by atoms with Crippen molar-refractivity contribution < 1.29 is 4.39 Å². The van der Waals surface area contributed by atoms with Crippen LogP contribution in [0.4, 0.5) is 4.39 Å². The van der Waals surface area contributed by atoms with Crippen molar-refractivity contribution in [2.45, 2.75) is 32.4 Å². The van der Waals surface area contributed by atoms with E-state index in [1.807, 2.05) is 13.8 Å². The highest BCUT2D eigenvalue weighted by Crippen LogP contribution is 2.20. The lowest BCUT2D eigenvalue weighted by atomic mass is 10.0. The Balaban J connectivity index is 3.76. The molecule has 0 nitrogen and oxygen atoms in total. The molecule has 0 atom stereocenters. The van der Waals surface area contributed by atoms with Gasteiger partial charge in [0.15, 0.2) is 0 Å². The van der Waals surface area contributed by atoms with Crippen LogP contribution in [0.5, 0.6) is 0 Å². The minimum atomic E-state index is -1.11. The normalized spacial score (nSPS) is 11.4. The molecule has 0 bridgehead atoms. The predicted molar refractivity (Wildman–Crippen MR) is 34.6 cm³/mol. The van der Waals surface area contributed by atoms with Crippen molar-refractivity contribution in [3.05, 3.63) is 12.7 Å².